The molecule has 0 aliphatic heterocycles. The van der Waals surface area contributed by atoms with Crippen molar-refractivity contribution in [2.75, 3.05) is 4.90 Å². The molecule has 0 fully saturated rings. The van der Waals surface area contributed by atoms with E-state index in [4.69, 9.17) is 23.9 Å². The molecule has 2 aromatic heterocycles. The summed E-state index contributed by atoms with van der Waals surface area (Å²) in [5.41, 5.74) is 0.281. The maximum Gasteiger partial charge on any atom is 0.514 e. The van der Waals surface area contributed by atoms with Crippen molar-refractivity contribution in [1.82, 2.24) is 9.55 Å². The van der Waals surface area contributed by atoms with Crippen molar-refractivity contribution in [3.05, 3.63) is 53.3 Å². The van der Waals surface area contributed by atoms with E-state index in [9.17, 15) is 19.2 Å². The van der Waals surface area contributed by atoms with Gasteiger partial charge in [0.05, 0.1) is 16.7 Å². The number of hydrogen-bond donors (Lipinski definition) is 0. The molecule has 0 saturated heterocycles. The number of benzene rings is 1. The van der Waals surface area contributed by atoms with Crippen LogP contribution in [0, 0.1) is 11.3 Å². The first-order valence-corrected chi connectivity index (χ1v) is 16.3. The van der Waals surface area contributed by atoms with E-state index in [0.29, 0.717) is 17.0 Å². The van der Waals surface area contributed by atoms with E-state index >= 15 is 0 Å². The lowest BCUT2D eigenvalue weighted by atomic mass is 9.71. The van der Waals surface area contributed by atoms with Crippen molar-refractivity contribution in [3.8, 4) is 5.75 Å². The monoisotopic (exact) mass is 663 g/mol. The van der Waals surface area contributed by atoms with Crippen LogP contribution in [0.2, 0.25) is 0 Å². The van der Waals surface area contributed by atoms with Crippen LogP contribution in [0.1, 0.15) is 111 Å². The molecule has 0 spiro atoms. The summed E-state index contributed by atoms with van der Waals surface area (Å²) in [5, 5.41) is 0. The second-order valence-electron chi connectivity index (χ2n) is 16.3. The molecule has 0 radical (unpaired) electrons. The van der Waals surface area contributed by atoms with Gasteiger partial charge in [-0.3, -0.25) is 9.78 Å². The lowest BCUT2D eigenvalue weighted by Crippen LogP contribution is -2.42. The van der Waals surface area contributed by atoms with Crippen LogP contribution in [0.5, 0.6) is 5.75 Å². The number of ether oxygens (including phenoxy) is 4. The Morgan fingerprint density at radius 2 is 1.38 bits per heavy atom. The number of carbonyl (C=O) groups is 4. The Morgan fingerprint density at radius 3 is 1.92 bits per heavy atom. The summed E-state index contributed by atoms with van der Waals surface area (Å²) < 4.78 is 23.1. The molecular weight excluding hydrogens is 614 g/mol. The van der Waals surface area contributed by atoms with Crippen LogP contribution in [-0.2, 0) is 27.1 Å². The van der Waals surface area contributed by atoms with Gasteiger partial charge in [0, 0.05) is 5.69 Å². The fraction of sp³-hybridized carbons (Fsp3) is 0.541. The molecule has 11 heteroatoms. The van der Waals surface area contributed by atoms with Crippen molar-refractivity contribution in [3.63, 3.8) is 0 Å². The normalized spacial score (nSPS) is 15.4. The summed E-state index contributed by atoms with van der Waals surface area (Å²) in [6.07, 6.45) is -0.109. The lowest BCUT2D eigenvalue weighted by Gasteiger charge is -2.34. The molecular formula is C37H49N3O8. The molecule has 2 amide bonds. The minimum absolute atomic E-state index is 0.0857. The zero-order valence-corrected chi connectivity index (χ0v) is 30.3. The van der Waals surface area contributed by atoms with Gasteiger partial charge >= 0.3 is 18.3 Å². The molecule has 2 heterocycles. The highest BCUT2D eigenvalue weighted by molar-refractivity contribution is 6.20. The van der Waals surface area contributed by atoms with Crippen LogP contribution in [0.3, 0.4) is 0 Å². The smallest absolute Gasteiger partial charge is 0.443 e. The van der Waals surface area contributed by atoms with Crippen molar-refractivity contribution in [2.45, 2.75) is 119 Å². The first-order chi connectivity index (χ1) is 21.9. The third-order valence-corrected chi connectivity index (χ3v) is 7.64. The van der Waals surface area contributed by atoms with E-state index in [1.807, 2.05) is 6.07 Å². The number of pyridine rings is 1. The molecule has 260 valence electrons. The number of rotatable bonds is 3. The van der Waals surface area contributed by atoms with Crippen LogP contribution in [0.15, 0.2) is 36.4 Å². The van der Waals surface area contributed by atoms with E-state index in [1.165, 1.54) is 34.9 Å². The molecule has 48 heavy (non-hydrogen) atoms. The van der Waals surface area contributed by atoms with Gasteiger partial charge < -0.3 is 18.9 Å². The first kappa shape index (κ1) is 36.4. The molecule has 0 bridgehead atoms. The number of nitrogens with zero attached hydrogens (tertiary/aromatic N) is 3. The molecule has 3 aromatic rings. The van der Waals surface area contributed by atoms with Crippen molar-refractivity contribution < 1.29 is 38.1 Å². The molecule has 11 nitrogen and oxygen atoms in total. The summed E-state index contributed by atoms with van der Waals surface area (Å²) in [4.78, 5) is 60.0. The fourth-order valence-corrected chi connectivity index (χ4v) is 5.44. The quantitative estimate of drug-likeness (QED) is 0.153. The van der Waals surface area contributed by atoms with E-state index < -0.39 is 41.1 Å². The predicted molar refractivity (Wildman–Crippen MR) is 183 cm³/mol. The van der Waals surface area contributed by atoms with Crippen molar-refractivity contribution >= 4 is 41.0 Å². The number of amides is 2. The number of carbonyl (C=O) groups excluding carboxylic acids is 4. The number of hydrogen-bond acceptors (Lipinski definition) is 9. The van der Waals surface area contributed by atoms with Crippen LogP contribution in [0.4, 0.5) is 20.1 Å². The second-order valence-corrected chi connectivity index (χ2v) is 16.3. The van der Waals surface area contributed by atoms with Crippen LogP contribution in [-0.4, -0.2) is 50.6 Å². The van der Waals surface area contributed by atoms with Crippen LogP contribution in [0.25, 0.3) is 11.0 Å². The maximum atomic E-state index is 14.5. The van der Waals surface area contributed by atoms with E-state index in [0.717, 1.165) is 35.4 Å². The number of anilines is 1. The summed E-state index contributed by atoms with van der Waals surface area (Å²) in [6, 6.07) is 9.15. The van der Waals surface area contributed by atoms with Gasteiger partial charge in [0.15, 0.2) is 0 Å². The largest absolute Gasteiger partial charge is 0.514 e. The summed E-state index contributed by atoms with van der Waals surface area (Å²) in [6.45, 7) is 22.1. The van der Waals surface area contributed by atoms with Crippen molar-refractivity contribution in [1.29, 1.82) is 0 Å². The Bertz CT molecular complexity index is 1710. The van der Waals surface area contributed by atoms with Gasteiger partial charge in [0.2, 0.25) is 0 Å². The summed E-state index contributed by atoms with van der Waals surface area (Å²) in [7, 11) is 0. The first-order valence-electron chi connectivity index (χ1n) is 16.3. The van der Waals surface area contributed by atoms with Gasteiger partial charge in [-0.05, 0) is 135 Å². The number of imide groups is 1. The zero-order valence-electron chi connectivity index (χ0n) is 30.3. The highest BCUT2D eigenvalue weighted by atomic mass is 16.7. The minimum atomic E-state index is -0.963. The molecule has 1 aliphatic rings. The molecule has 0 saturated carbocycles. The highest BCUT2D eigenvalue weighted by Gasteiger charge is 2.36. The Kier molecular flexibility index (Phi) is 9.78. The third-order valence-electron chi connectivity index (χ3n) is 7.64. The molecule has 1 aliphatic carbocycles. The summed E-state index contributed by atoms with van der Waals surface area (Å²) in [5.74, 6) is -0.282. The summed E-state index contributed by atoms with van der Waals surface area (Å²) >= 11 is 0. The standard InChI is InChI=1S/C37H49N3O8/c1-34(2,3)23-13-18-26-22(19-23)20-28-27(38-26)21-29(40(28)32(43)47-36(7,8)9)30(41)39(31(42)46-35(4,5)6)24-14-16-25(17-15-24)45-33(44)48-37(10,11)12/h14-17,20-21,23H,13,18-19H2,1-12H3/t23-/m1/s1. The molecule has 0 N–H and O–H groups in total. The fourth-order valence-electron chi connectivity index (χ4n) is 5.44. The van der Waals surface area contributed by atoms with Crippen LogP contribution < -0.4 is 9.64 Å². The topological polar surface area (TPSA) is 126 Å². The Morgan fingerprint density at radius 1 is 0.792 bits per heavy atom. The molecule has 1 atom stereocenters. The Labute approximate surface area is 282 Å². The van der Waals surface area contributed by atoms with E-state index in [1.54, 1.807) is 62.3 Å². The van der Waals surface area contributed by atoms with Gasteiger partial charge in [-0.25, -0.2) is 23.9 Å². The average molecular weight is 664 g/mol. The SMILES string of the molecule is CC(C)(C)OC(=O)Oc1ccc(N(C(=O)OC(C)(C)C)C(=O)c2cc3nc4c(cc3n2C(=O)OC(C)(C)C)C[C@H](C(C)(C)C)CC4)cc1. The molecule has 1 aromatic carbocycles. The maximum absolute atomic E-state index is 14.5. The van der Waals surface area contributed by atoms with Gasteiger partial charge in [0.25, 0.3) is 5.91 Å². The van der Waals surface area contributed by atoms with Crippen molar-refractivity contribution in [2.24, 2.45) is 11.3 Å². The van der Waals surface area contributed by atoms with E-state index in [-0.39, 0.29) is 22.5 Å². The minimum Gasteiger partial charge on any atom is -0.443 e. The van der Waals surface area contributed by atoms with E-state index in [2.05, 4.69) is 20.8 Å². The number of aryl methyl sites for hydroxylation is 1. The third kappa shape index (κ3) is 8.93. The Hall–Kier alpha value is -4.41. The second kappa shape index (κ2) is 12.9. The molecule has 0 unspecified atom stereocenters. The van der Waals surface area contributed by atoms with Crippen LogP contribution >= 0.6 is 0 Å². The zero-order chi connectivity index (χ0) is 36.0. The average Bonchev–Trinajstić information content (AvgIpc) is 3.27. The number of fused-ring (bicyclic) bond motifs is 2. The van der Waals surface area contributed by atoms with Gasteiger partial charge in [-0.2, -0.15) is 0 Å². The van der Waals surface area contributed by atoms with Gasteiger partial charge in [-0.1, -0.05) is 20.8 Å². The van der Waals surface area contributed by atoms with Gasteiger partial charge in [-0.15, -0.1) is 0 Å². The highest BCUT2D eigenvalue weighted by Crippen LogP contribution is 2.38. The predicted octanol–water partition coefficient (Wildman–Crippen LogP) is 8.87. The Balaban J connectivity index is 1.83. The molecule has 4 rings (SSSR count). The number of aromatic nitrogens is 2. The lowest BCUT2D eigenvalue weighted by molar-refractivity contribution is 0.0205. The van der Waals surface area contributed by atoms with Gasteiger partial charge in [0.1, 0.15) is 28.2 Å².